The molecule has 5 heteroatoms. The molecule has 0 atom stereocenters. The molecule has 0 aliphatic heterocycles. The smallest absolute Gasteiger partial charge is 0.346 e. The van der Waals surface area contributed by atoms with Crippen LogP contribution in [0.2, 0.25) is 0 Å². The van der Waals surface area contributed by atoms with E-state index in [9.17, 15) is 18.4 Å². The molecule has 0 aliphatic rings. The zero-order valence-electron chi connectivity index (χ0n) is 24.7. The molecule has 0 radical (unpaired) electrons. The largest absolute Gasteiger partial charge is 0.423 e. The molecule has 0 saturated heterocycles. The highest BCUT2D eigenvalue weighted by Crippen LogP contribution is 2.25. The number of benzene rings is 3. The predicted octanol–water partition coefficient (Wildman–Crippen LogP) is 10.7. The maximum Gasteiger partial charge on any atom is 0.346 e. The third-order valence-electron chi connectivity index (χ3n) is 7.54. The molecule has 3 aromatic rings. The van der Waals surface area contributed by atoms with Crippen molar-refractivity contribution in [2.24, 2.45) is 0 Å². The Morgan fingerprint density at radius 3 is 1.76 bits per heavy atom. The predicted molar refractivity (Wildman–Crippen MR) is 163 cm³/mol. The summed E-state index contributed by atoms with van der Waals surface area (Å²) in [5.41, 5.74) is 2.39. The van der Waals surface area contributed by atoms with E-state index in [2.05, 4.69) is 13.8 Å². The molecule has 3 nitrogen and oxygen atoms in total. The van der Waals surface area contributed by atoms with Crippen LogP contribution < -0.4 is 4.74 Å². The van der Waals surface area contributed by atoms with Gasteiger partial charge in [-0.2, -0.15) is 0 Å². The van der Waals surface area contributed by atoms with E-state index in [0.717, 1.165) is 56.1 Å². The van der Waals surface area contributed by atoms with Gasteiger partial charge in [0, 0.05) is 12.0 Å². The quantitative estimate of drug-likeness (QED) is 0.0670. The first-order valence-electron chi connectivity index (χ1n) is 15.4. The molecule has 0 saturated carbocycles. The Labute approximate surface area is 244 Å². The number of halogens is 2. The summed E-state index contributed by atoms with van der Waals surface area (Å²) in [6, 6.07) is 17.1. The number of unbranched alkanes of at least 4 members (excludes halogenated alkanes) is 10. The van der Waals surface area contributed by atoms with Crippen LogP contribution in [0, 0.1) is 11.6 Å². The van der Waals surface area contributed by atoms with Crippen LogP contribution in [0.4, 0.5) is 8.78 Å². The minimum Gasteiger partial charge on any atom is -0.423 e. The SMILES string of the molecule is CCCCCCCCC(=O)c1ccc(-c2ccc(OC(=O)c3ccc(CCCCCCCC)c(F)c3F)cc2)cc1. The molecular formula is C36H44F2O3. The second-order valence-electron chi connectivity index (χ2n) is 10.9. The van der Waals surface area contributed by atoms with Gasteiger partial charge in [0.2, 0.25) is 0 Å². The highest BCUT2D eigenvalue weighted by Gasteiger charge is 2.20. The van der Waals surface area contributed by atoms with Gasteiger partial charge >= 0.3 is 5.97 Å². The summed E-state index contributed by atoms with van der Waals surface area (Å²) in [5.74, 6) is -2.68. The van der Waals surface area contributed by atoms with Gasteiger partial charge in [-0.15, -0.1) is 0 Å². The minimum absolute atomic E-state index is 0.161. The van der Waals surface area contributed by atoms with Crippen molar-refractivity contribution in [1.29, 1.82) is 0 Å². The van der Waals surface area contributed by atoms with E-state index in [-0.39, 0.29) is 17.1 Å². The fraction of sp³-hybridized carbons (Fsp3) is 0.444. The van der Waals surface area contributed by atoms with Gasteiger partial charge in [-0.25, -0.2) is 13.6 Å². The Morgan fingerprint density at radius 1 is 0.610 bits per heavy atom. The van der Waals surface area contributed by atoms with Gasteiger partial charge in [0.15, 0.2) is 17.4 Å². The summed E-state index contributed by atoms with van der Waals surface area (Å²) in [5, 5.41) is 0. The fourth-order valence-corrected chi connectivity index (χ4v) is 4.97. The zero-order chi connectivity index (χ0) is 29.5. The highest BCUT2D eigenvalue weighted by atomic mass is 19.2. The summed E-state index contributed by atoms with van der Waals surface area (Å²) in [7, 11) is 0. The Bertz CT molecular complexity index is 1230. The lowest BCUT2D eigenvalue weighted by molar-refractivity contribution is 0.0728. The average molecular weight is 563 g/mol. The zero-order valence-corrected chi connectivity index (χ0v) is 24.7. The van der Waals surface area contributed by atoms with Crippen LogP contribution in [0.15, 0.2) is 60.7 Å². The van der Waals surface area contributed by atoms with Crippen molar-refractivity contribution in [2.75, 3.05) is 0 Å². The summed E-state index contributed by atoms with van der Waals surface area (Å²) in [6.45, 7) is 4.35. The molecule has 0 amide bonds. The number of aryl methyl sites for hydroxylation is 1. The molecule has 0 spiro atoms. The van der Waals surface area contributed by atoms with Crippen LogP contribution in [-0.2, 0) is 6.42 Å². The lowest BCUT2D eigenvalue weighted by Crippen LogP contribution is -2.13. The molecule has 0 aliphatic carbocycles. The number of Topliss-reactive ketones (excluding diaryl/α,β-unsaturated/α-hetero) is 1. The number of hydrogen-bond acceptors (Lipinski definition) is 3. The van der Waals surface area contributed by atoms with Gasteiger partial charge < -0.3 is 4.74 Å². The summed E-state index contributed by atoms with van der Waals surface area (Å²) in [6.07, 6.45) is 14.3. The first-order valence-corrected chi connectivity index (χ1v) is 15.4. The van der Waals surface area contributed by atoms with Gasteiger partial charge in [0.05, 0.1) is 5.56 Å². The van der Waals surface area contributed by atoms with E-state index < -0.39 is 23.2 Å². The second-order valence-corrected chi connectivity index (χ2v) is 10.9. The van der Waals surface area contributed by atoms with Crippen LogP contribution in [0.5, 0.6) is 5.75 Å². The number of ether oxygens (including phenoxy) is 1. The Hall–Kier alpha value is -3.34. The molecular weight excluding hydrogens is 518 g/mol. The van der Waals surface area contributed by atoms with E-state index in [1.165, 1.54) is 44.2 Å². The number of hydrogen-bond donors (Lipinski definition) is 0. The minimum atomic E-state index is -1.17. The number of carbonyl (C=O) groups excluding carboxylic acids is 2. The molecule has 0 heterocycles. The summed E-state index contributed by atoms with van der Waals surface area (Å²) >= 11 is 0. The van der Waals surface area contributed by atoms with Crippen LogP contribution in [-0.4, -0.2) is 11.8 Å². The first-order chi connectivity index (χ1) is 19.9. The number of ketones is 1. The molecule has 0 unspecified atom stereocenters. The van der Waals surface area contributed by atoms with Crippen molar-refractivity contribution in [1.82, 2.24) is 0 Å². The highest BCUT2D eigenvalue weighted by molar-refractivity contribution is 5.96. The van der Waals surface area contributed by atoms with E-state index in [0.29, 0.717) is 18.4 Å². The second kappa shape index (κ2) is 17.5. The molecule has 0 fully saturated rings. The van der Waals surface area contributed by atoms with Crippen molar-refractivity contribution in [3.05, 3.63) is 89.0 Å². The average Bonchev–Trinajstić information content (AvgIpc) is 2.99. The monoisotopic (exact) mass is 562 g/mol. The Balaban J connectivity index is 1.52. The number of carbonyl (C=O) groups is 2. The van der Waals surface area contributed by atoms with Crippen LogP contribution in [0.1, 0.15) is 124 Å². The normalized spacial score (nSPS) is 11.0. The van der Waals surface area contributed by atoms with Crippen molar-refractivity contribution >= 4 is 11.8 Å². The van der Waals surface area contributed by atoms with Crippen LogP contribution in [0.25, 0.3) is 11.1 Å². The van der Waals surface area contributed by atoms with Gasteiger partial charge in [0.25, 0.3) is 0 Å². The van der Waals surface area contributed by atoms with Crippen molar-refractivity contribution in [2.45, 2.75) is 104 Å². The molecule has 220 valence electrons. The molecule has 3 aromatic carbocycles. The van der Waals surface area contributed by atoms with E-state index in [1.807, 2.05) is 24.3 Å². The van der Waals surface area contributed by atoms with Gasteiger partial charge in [-0.1, -0.05) is 121 Å². The van der Waals surface area contributed by atoms with Gasteiger partial charge in [-0.05, 0) is 54.2 Å². The number of rotatable bonds is 18. The Morgan fingerprint density at radius 2 is 1.15 bits per heavy atom. The van der Waals surface area contributed by atoms with Gasteiger partial charge in [-0.3, -0.25) is 4.79 Å². The molecule has 3 rings (SSSR count). The molecule has 0 bridgehead atoms. The maximum atomic E-state index is 14.7. The standard InChI is InChI=1S/C36H44F2O3/c1-3-5-7-9-11-13-15-30-23-26-32(35(38)34(30)37)36(40)41-31-24-21-28(22-25-31)27-17-19-29(20-18-27)33(39)16-14-12-10-8-6-4-2/h17-26H,3-16H2,1-2H3. The summed E-state index contributed by atoms with van der Waals surface area (Å²) in [4.78, 5) is 25.1. The maximum absolute atomic E-state index is 14.7. The van der Waals surface area contributed by atoms with Crippen molar-refractivity contribution < 1.29 is 23.1 Å². The van der Waals surface area contributed by atoms with Crippen LogP contribution in [0.3, 0.4) is 0 Å². The van der Waals surface area contributed by atoms with E-state index >= 15 is 0 Å². The van der Waals surface area contributed by atoms with E-state index in [4.69, 9.17) is 4.74 Å². The van der Waals surface area contributed by atoms with E-state index in [1.54, 1.807) is 24.3 Å². The number of esters is 1. The van der Waals surface area contributed by atoms with Crippen LogP contribution >= 0.6 is 0 Å². The molecule has 0 N–H and O–H groups in total. The molecule has 0 aromatic heterocycles. The van der Waals surface area contributed by atoms with Crippen molar-refractivity contribution in [3.63, 3.8) is 0 Å². The third-order valence-corrected chi connectivity index (χ3v) is 7.54. The fourth-order valence-electron chi connectivity index (χ4n) is 4.97. The third kappa shape index (κ3) is 10.2. The van der Waals surface area contributed by atoms with Crippen molar-refractivity contribution in [3.8, 4) is 16.9 Å². The Kier molecular flexibility index (Phi) is 13.7. The first kappa shape index (κ1) is 32.2. The topological polar surface area (TPSA) is 43.4 Å². The molecule has 41 heavy (non-hydrogen) atoms. The lowest BCUT2D eigenvalue weighted by atomic mass is 10.00. The van der Waals surface area contributed by atoms with Gasteiger partial charge in [0.1, 0.15) is 5.75 Å². The lowest BCUT2D eigenvalue weighted by Gasteiger charge is -2.10. The summed E-state index contributed by atoms with van der Waals surface area (Å²) < 4.78 is 34.7.